The molecule has 4 nitrogen and oxygen atoms in total. The van der Waals surface area contributed by atoms with Crippen molar-refractivity contribution >= 4 is 39.9 Å². The number of carbonyl (C=O) groups is 1. The summed E-state index contributed by atoms with van der Waals surface area (Å²) in [7, 11) is 1.61. The molecule has 1 amide bonds. The number of hydrogen-bond donors (Lipinski definition) is 2. The second kappa shape index (κ2) is 7.72. The highest BCUT2D eigenvalue weighted by Gasteiger charge is 2.20. The van der Waals surface area contributed by atoms with Gasteiger partial charge in [-0.3, -0.25) is 4.79 Å². The molecule has 0 saturated carbocycles. The molecule has 1 atom stereocenters. The Balaban J connectivity index is 0.00000180. The number of halogens is 2. The number of anilines is 1. The van der Waals surface area contributed by atoms with Crippen LogP contribution in [0.3, 0.4) is 0 Å². The van der Waals surface area contributed by atoms with Crippen molar-refractivity contribution in [2.24, 2.45) is 5.92 Å². The molecule has 1 aliphatic heterocycles. The summed E-state index contributed by atoms with van der Waals surface area (Å²) in [5.41, 5.74) is 0.769. The topological polar surface area (TPSA) is 50.4 Å². The van der Waals surface area contributed by atoms with E-state index in [0.29, 0.717) is 0 Å². The number of carbonyl (C=O) groups excluding carboxylic acids is 1. The average Bonchev–Trinajstić information content (AvgIpc) is 2.42. The van der Waals surface area contributed by atoms with Gasteiger partial charge in [0.05, 0.1) is 17.5 Å². The molecule has 1 aromatic rings. The molecule has 1 saturated heterocycles. The predicted molar refractivity (Wildman–Crippen MR) is 82.2 cm³/mol. The largest absolute Gasteiger partial charge is 0.495 e. The summed E-state index contributed by atoms with van der Waals surface area (Å²) in [5, 5.41) is 6.17. The Bertz CT molecular complexity index is 437. The first-order chi connectivity index (χ1) is 8.70. The standard InChI is InChI=1S/C13H17BrN2O2.ClH/c1-18-12-7-10(4-5-11(12)14)16-13(17)9-3-2-6-15-8-9;/h4-5,7,9,15H,2-3,6,8H2,1H3,(H,16,17);1H/t9-;/m1./s1. The third-order valence-electron chi connectivity index (χ3n) is 3.09. The minimum Gasteiger partial charge on any atom is -0.495 e. The third kappa shape index (κ3) is 4.37. The van der Waals surface area contributed by atoms with Crippen LogP contribution in [0.5, 0.6) is 5.75 Å². The second-order valence-corrected chi connectivity index (χ2v) is 5.24. The summed E-state index contributed by atoms with van der Waals surface area (Å²) in [6.07, 6.45) is 2.01. The van der Waals surface area contributed by atoms with Crippen molar-refractivity contribution in [2.75, 3.05) is 25.5 Å². The van der Waals surface area contributed by atoms with Gasteiger partial charge in [0.15, 0.2) is 0 Å². The molecule has 0 aromatic heterocycles. The van der Waals surface area contributed by atoms with Crippen molar-refractivity contribution < 1.29 is 9.53 Å². The zero-order valence-electron chi connectivity index (χ0n) is 10.7. The van der Waals surface area contributed by atoms with Crippen molar-refractivity contribution in [3.63, 3.8) is 0 Å². The maximum absolute atomic E-state index is 12.0. The summed E-state index contributed by atoms with van der Waals surface area (Å²) in [4.78, 5) is 12.0. The van der Waals surface area contributed by atoms with Crippen molar-refractivity contribution in [2.45, 2.75) is 12.8 Å². The maximum Gasteiger partial charge on any atom is 0.228 e. The first-order valence-electron chi connectivity index (χ1n) is 6.06. The van der Waals surface area contributed by atoms with Crippen molar-refractivity contribution in [3.8, 4) is 5.75 Å². The Morgan fingerprint density at radius 2 is 2.32 bits per heavy atom. The van der Waals surface area contributed by atoms with Crippen LogP contribution in [0, 0.1) is 5.92 Å². The Labute approximate surface area is 127 Å². The van der Waals surface area contributed by atoms with Crippen LogP contribution in [0.1, 0.15) is 12.8 Å². The number of rotatable bonds is 3. The molecule has 0 radical (unpaired) electrons. The number of nitrogens with one attached hydrogen (secondary N) is 2. The summed E-state index contributed by atoms with van der Waals surface area (Å²) < 4.78 is 6.08. The summed E-state index contributed by atoms with van der Waals surface area (Å²) in [6.45, 7) is 1.77. The number of hydrogen-bond acceptors (Lipinski definition) is 3. The lowest BCUT2D eigenvalue weighted by Gasteiger charge is -2.22. The molecule has 106 valence electrons. The predicted octanol–water partition coefficient (Wildman–Crippen LogP) is 2.82. The zero-order chi connectivity index (χ0) is 13.0. The normalized spacial score (nSPS) is 18.3. The van der Waals surface area contributed by atoms with Crippen LogP contribution in [-0.2, 0) is 4.79 Å². The molecule has 1 fully saturated rings. The molecule has 1 heterocycles. The van der Waals surface area contributed by atoms with Crippen LogP contribution in [0.4, 0.5) is 5.69 Å². The van der Waals surface area contributed by atoms with Gasteiger partial charge >= 0.3 is 0 Å². The molecule has 0 spiro atoms. The van der Waals surface area contributed by atoms with E-state index >= 15 is 0 Å². The Kier molecular flexibility index (Phi) is 6.62. The van der Waals surface area contributed by atoms with E-state index in [0.717, 1.165) is 41.8 Å². The molecular weight excluding hydrogens is 332 g/mol. The van der Waals surface area contributed by atoms with E-state index in [4.69, 9.17) is 4.74 Å². The lowest BCUT2D eigenvalue weighted by molar-refractivity contribution is -0.120. The summed E-state index contributed by atoms with van der Waals surface area (Å²) in [5.74, 6) is 0.856. The fraction of sp³-hybridized carbons (Fsp3) is 0.462. The summed E-state index contributed by atoms with van der Waals surface area (Å²) >= 11 is 3.39. The number of ether oxygens (including phenoxy) is 1. The molecule has 1 aromatic carbocycles. The molecule has 2 rings (SSSR count). The van der Waals surface area contributed by atoms with Crippen LogP contribution in [0.2, 0.25) is 0 Å². The molecule has 1 aliphatic rings. The van der Waals surface area contributed by atoms with E-state index in [1.807, 2.05) is 18.2 Å². The minimum absolute atomic E-state index is 0. The van der Waals surface area contributed by atoms with Gasteiger partial charge in [0, 0.05) is 18.3 Å². The molecule has 6 heteroatoms. The summed E-state index contributed by atoms with van der Waals surface area (Å²) in [6, 6.07) is 5.55. The van der Waals surface area contributed by atoms with Gasteiger partial charge in [-0.15, -0.1) is 12.4 Å². The monoisotopic (exact) mass is 348 g/mol. The lowest BCUT2D eigenvalue weighted by atomic mass is 9.99. The van der Waals surface area contributed by atoms with Gasteiger partial charge in [-0.2, -0.15) is 0 Å². The Hall–Kier alpha value is -0.780. The second-order valence-electron chi connectivity index (χ2n) is 4.38. The van der Waals surface area contributed by atoms with Gasteiger partial charge in [0.2, 0.25) is 5.91 Å². The highest BCUT2D eigenvalue weighted by Crippen LogP contribution is 2.28. The van der Waals surface area contributed by atoms with Gasteiger partial charge < -0.3 is 15.4 Å². The van der Waals surface area contributed by atoms with E-state index in [2.05, 4.69) is 26.6 Å². The molecule has 0 unspecified atom stereocenters. The SMILES string of the molecule is COc1cc(NC(=O)[C@@H]2CCCNC2)ccc1Br.Cl. The molecule has 2 N–H and O–H groups in total. The molecular formula is C13H18BrClN2O2. The van der Waals surface area contributed by atoms with Gasteiger partial charge in [-0.05, 0) is 47.4 Å². The van der Waals surface area contributed by atoms with Gasteiger partial charge in [0.1, 0.15) is 5.75 Å². The van der Waals surface area contributed by atoms with Gasteiger partial charge in [0.25, 0.3) is 0 Å². The van der Waals surface area contributed by atoms with E-state index in [-0.39, 0.29) is 24.2 Å². The quantitative estimate of drug-likeness (QED) is 0.882. The van der Waals surface area contributed by atoms with E-state index in [1.165, 1.54) is 0 Å². The maximum atomic E-state index is 12.0. The highest BCUT2D eigenvalue weighted by atomic mass is 79.9. The first-order valence-corrected chi connectivity index (χ1v) is 6.85. The fourth-order valence-corrected chi connectivity index (χ4v) is 2.47. The molecule has 19 heavy (non-hydrogen) atoms. The lowest BCUT2D eigenvalue weighted by Crippen LogP contribution is -2.37. The molecule has 0 bridgehead atoms. The van der Waals surface area contributed by atoms with Crippen LogP contribution < -0.4 is 15.4 Å². The van der Waals surface area contributed by atoms with Crippen molar-refractivity contribution in [1.82, 2.24) is 5.32 Å². The van der Waals surface area contributed by atoms with E-state index in [1.54, 1.807) is 7.11 Å². The van der Waals surface area contributed by atoms with Gasteiger partial charge in [-0.25, -0.2) is 0 Å². The Morgan fingerprint density at radius 3 is 2.95 bits per heavy atom. The van der Waals surface area contributed by atoms with Crippen LogP contribution in [-0.4, -0.2) is 26.1 Å². The number of piperidine rings is 1. The van der Waals surface area contributed by atoms with E-state index < -0.39 is 0 Å². The van der Waals surface area contributed by atoms with Gasteiger partial charge in [-0.1, -0.05) is 0 Å². The number of amides is 1. The minimum atomic E-state index is 0. The van der Waals surface area contributed by atoms with Crippen molar-refractivity contribution in [3.05, 3.63) is 22.7 Å². The number of benzene rings is 1. The third-order valence-corrected chi connectivity index (χ3v) is 3.74. The van der Waals surface area contributed by atoms with E-state index in [9.17, 15) is 4.79 Å². The average molecular weight is 350 g/mol. The van der Waals surface area contributed by atoms with Crippen LogP contribution >= 0.6 is 28.3 Å². The molecule has 0 aliphatic carbocycles. The smallest absolute Gasteiger partial charge is 0.228 e. The van der Waals surface area contributed by atoms with Crippen molar-refractivity contribution in [1.29, 1.82) is 0 Å². The van der Waals surface area contributed by atoms with Crippen LogP contribution in [0.15, 0.2) is 22.7 Å². The number of methoxy groups -OCH3 is 1. The highest BCUT2D eigenvalue weighted by molar-refractivity contribution is 9.10. The zero-order valence-corrected chi connectivity index (χ0v) is 13.1. The Morgan fingerprint density at radius 1 is 1.53 bits per heavy atom. The van der Waals surface area contributed by atoms with Crippen LogP contribution in [0.25, 0.3) is 0 Å². The fourth-order valence-electron chi connectivity index (χ4n) is 2.06. The first kappa shape index (κ1) is 16.3.